The van der Waals surface area contributed by atoms with Gasteiger partial charge in [-0.3, -0.25) is 10.1 Å². The highest BCUT2D eigenvalue weighted by molar-refractivity contribution is 7.13. The smallest absolute Gasteiger partial charge is 0.268 e. The van der Waals surface area contributed by atoms with Crippen LogP contribution in [-0.2, 0) is 4.79 Å². The molecule has 6 nitrogen and oxygen atoms in total. The van der Waals surface area contributed by atoms with Crippen molar-refractivity contribution in [3.05, 3.63) is 52.1 Å². The number of ether oxygens (including phenoxy) is 1. The number of nitrogens with zero attached hydrogens (tertiary/aromatic N) is 3. The number of aromatic nitrogens is 2. The van der Waals surface area contributed by atoms with Crippen molar-refractivity contribution in [1.29, 1.82) is 5.26 Å². The Morgan fingerprint density at radius 3 is 2.96 bits per heavy atom. The highest BCUT2D eigenvalue weighted by Gasteiger charge is 2.13. The van der Waals surface area contributed by atoms with Crippen LogP contribution >= 0.6 is 22.9 Å². The molecule has 0 aliphatic heterocycles. The van der Waals surface area contributed by atoms with Crippen molar-refractivity contribution >= 4 is 51.0 Å². The Balaban J connectivity index is 1.98. The number of pyridine rings is 1. The SMILES string of the molecule is COc1ccc2nc(Cl)c(/C=C(\C#N)C(=O)Nc3nccs3)cc2c1. The number of fused-ring (bicyclic) bond motifs is 1. The van der Waals surface area contributed by atoms with Crippen LogP contribution in [0.1, 0.15) is 5.56 Å². The molecule has 0 unspecified atom stereocenters. The molecule has 8 heteroatoms. The third kappa shape index (κ3) is 3.76. The lowest BCUT2D eigenvalue weighted by Gasteiger charge is -2.06. The minimum Gasteiger partial charge on any atom is -0.497 e. The van der Waals surface area contributed by atoms with Gasteiger partial charge in [0.15, 0.2) is 5.13 Å². The molecule has 0 aliphatic rings. The molecule has 0 atom stereocenters. The molecular weight excluding hydrogens is 360 g/mol. The summed E-state index contributed by atoms with van der Waals surface area (Å²) >= 11 is 7.45. The van der Waals surface area contributed by atoms with Crippen LogP contribution in [0.15, 0.2) is 41.4 Å². The van der Waals surface area contributed by atoms with Gasteiger partial charge in [-0.25, -0.2) is 9.97 Å². The number of anilines is 1. The van der Waals surface area contributed by atoms with Crippen molar-refractivity contribution in [3.63, 3.8) is 0 Å². The van der Waals surface area contributed by atoms with E-state index in [0.717, 1.165) is 5.39 Å². The molecule has 1 N–H and O–H groups in total. The number of hydrogen-bond acceptors (Lipinski definition) is 6. The normalized spacial score (nSPS) is 11.2. The number of halogens is 1. The van der Waals surface area contributed by atoms with Gasteiger partial charge in [0, 0.05) is 22.5 Å². The fourth-order valence-electron chi connectivity index (χ4n) is 2.13. The average Bonchev–Trinajstić information content (AvgIpc) is 3.12. The Hall–Kier alpha value is -2.95. The number of amides is 1. The fraction of sp³-hybridized carbons (Fsp3) is 0.0588. The number of methoxy groups -OCH3 is 1. The lowest BCUT2D eigenvalue weighted by atomic mass is 10.1. The molecule has 3 rings (SSSR count). The van der Waals surface area contributed by atoms with Crippen LogP contribution in [0.4, 0.5) is 5.13 Å². The summed E-state index contributed by atoms with van der Waals surface area (Å²) in [5, 5.41) is 15.0. The maximum atomic E-state index is 12.2. The zero-order valence-corrected chi connectivity index (χ0v) is 14.6. The number of thiazole rings is 1. The number of nitrogens with one attached hydrogen (secondary N) is 1. The Labute approximate surface area is 152 Å². The predicted octanol–water partition coefficient (Wildman–Crippen LogP) is 3.90. The first kappa shape index (κ1) is 16.9. The molecule has 2 heterocycles. The van der Waals surface area contributed by atoms with E-state index in [0.29, 0.717) is 22.0 Å². The van der Waals surface area contributed by atoms with E-state index in [1.54, 1.807) is 43.0 Å². The van der Waals surface area contributed by atoms with Crippen molar-refractivity contribution in [2.45, 2.75) is 0 Å². The van der Waals surface area contributed by atoms with Crippen molar-refractivity contribution in [2.75, 3.05) is 12.4 Å². The third-order valence-corrected chi connectivity index (χ3v) is 4.31. The number of rotatable bonds is 4. The molecule has 25 heavy (non-hydrogen) atoms. The molecule has 0 saturated heterocycles. The summed E-state index contributed by atoms with van der Waals surface area (Å²) in [5.41, 5.74) is 1.06. The minimum absolute atomic E-state index is 0.0962. The number of carbonyl (C=O) groups excluding carboxylic acids is 1. The van der Waals surface area contributed by atoms with E-state index in [1.807, 2.05) is 6.07 Å². The van der Waals surface area contributed by atoms with Crippen molar-refractivity contribution < 1.29 is 9.53 Å². The molecule has 0 spiro atoms. The van der Waals surface area contributed by atoms with E-state index in [4.69, 9.17) is 16.3 Å². The zero-order valence-electron chi connectivity index (χ0n) is 13.0. The van der Waals surface area contributed by atoms with Crippen LogP contribution in [0.25, 0.3) is 17.0 Å². The van der Waals surface area contributed by atoms with Gasteiger partial charge in [0.05, 0.1) is 12.6 Å². The molecule has 124 valence electrons. The first-order chi connectivity index (χ1) is 12.1. The van der Waals surface area contributed by atoms with Crippen LogP contribution in [0.3, 0.4) is 0 Å². The second-order valence-corrected chi connectivity index (χ2v) is 6.14. The van der Waals surface area contributed by atoms with Crippen LogP contribution in [0.5, 0.6) is 5.75 Å². The Bertz CT molecular complexity index is 1010. The summed E-state index contributed by atoms with van der Waals surface area (Å²) < 4.78 is 5.19. The third-order valence-electron chi connectivity index (χ3n) is 3.32. The zero-order chi connectivity index (χ0) is 17.8. The maximum Gasteiger partial charge on any atom is 0.268 e. The topological polar surface area (TPSA) is 87.9 Å². The van der Waals surface area contributed by atoms with Gasteiger partial charge >= 0.3 is 0 Å². The van der Waals surface area contributed by atoms with E-state index >= 15 is 0 Å². The number of nitriles is 1. The number of carbonyl (C=O) groups is 1. The fourth-order valence-corrected chi connectivity index (χ4v) is 2.85. The van der Waals surface area contributed by atoms with Gasteiger partial charge in [0.25, 0.3) is 5.91 Å². The summed E-state index contributed by atoms with van der Waals surface area (Å²) in [6.45, 7) is 0. The molecule has 1 aromatic carbocycles. The van der Waals surface area contributed by atoms with Gasteiger partial charge in [-0.15, -0.1) is 11.3 Å². The molecule has 0 aliphatic carbocycles. The Morgan fingerprint density at radius 1 is 1.44 bits per heavy atom. The summed E-state index contributed by atoms with van der Waals surface area (Å²) in [6, 6.07) is 9.00. The molecule has 0 radical (unpaired) electrons. The summed E-state index contributed by atoms with van der Waals surface area (Å²) in [7, 11) is 1.57. The molecule has 0 saturated carbocycles. The average molecular weight is 371 g/mol. The lowest BCUT2D eigenvalue weighted by molar-refractivity contribution is -0.112. The monoisotopic (exact) mass is 370 g/mol. The molecule has 3 aromatic rings. The molecule has 0 fully saturated rings. The lowest BCUT2D eigenvalue weighted by Crippen LogP contribution is -2.13. The van der Waals surface area contributed by atoms with Gasteiger partial charge < -0.3 is 4.74 Å². The standard InChI is InChI=1S/C17H11ClN4O2S/c1-24-13-2-3-14-10(8-13)6-11(15(18)21-14)7-12(9-19)16(23)22-17-20-4-5-25-17/h2-8H,1H3,(H,20,22,23)/b12-7+. The number of benzene rings is 1. The van der Waals surface area contributed by atoms with E-state index in [2.05, 4.69) is 15.3 Å². The van der Waals surface area contributed by atoms with Gasteiger partial charge in [-0.2, -0.15) is 5.26 Å². The predicted molar refractivity (Wildman–Crippen MR) is 97.6 cm³/mol. The maximum absolute atomic E-state index is 12.2. The van der Waals surface area contributed by atoms with Gasteiger partial charge in [-0.05, 0) is 30.3 Å². The molecule has 0 bridgehead atoms. The van der Waals surface area contributed by atoms with E-state index in [9.17, 15) is 10.1 Å². The number of hydrogen-bond donors (Lipinski definition) is 1. The first-order valence-corrected chi connectivity index (χ1v) is 8.33. The second kappa shape index (κ2) is 7.30. The quantitative estimate of drug-likeness (QED) is 0.427. The molecule has 2 aromatic heterocycles. The minimum atomic E-state index is -0.556. The Morgan fingerprint density at radius 2 is 2.28 bits per heavy atom. The van der Waals surface area contributed by atoms with Crippen LogP contribution in [0.2, 0.25) is 5.15 Å². The van der Waals surface area contributed by atoms with Crippen molar-refractivity contribution in [3.8, 4) is 11.8 Å². The van der Waals surface area contributed by atoms with E-state index in [-0.39, 0.29) is 10.7 Å². The van der Waals surface area contributed by atoms with Crippen molar-refractivity contribution in [1.82, 2.24) is 9.97 Å². The Kier molecular flexibility index (Phi) is 4.93. The highest BCUT2D eigenvalue weighted by atomic mass is 35.5. The summed E-state index contributed by atoms with van der Waals surface area (Å²) in [4.78, 5) is 20.4. The highest BCUT2D eigenvalue weighted by Crippen LogP contribution is 2.26. The van der Waals surface area contributed by atoms with Gasteiger partial charge in [0.2, 0.25) is 0 Å². The largest absolute Gasteiger partial charge is 0.497 e. The van der Waals surface area contributed by atoms with Crippen molar-refractivity contribution in [2.24, 2.45) is 0 Å². The second-order valence-electron chi connectivity index (χ2n) is 4.89. The van der Waals surface area contributed by atoms with Gasteiger partial charge in [0.1, 0.15) is 22.5 Å². The molecule has 1 amide bonds. The van der Waals surface area contributed by atoms with Gasteiger partial charge in [-0.1, -0.05) is 11.6 Å². The summed E-state index contributed by atoms with van der Waals surface area (Å²) in [5.74, 6) is 0.118. The van der Waals surface area contributed by atoms with E-state index in [1.165, 1.54) is 17.4 Å². The van der Waals surface area contributed by atoms with Crippen LogP contribution in [-0.4, -0.2) is 23.0 Å². The first-order valence-electron chi connectivity index (χ1n) is 7.07. The summed E-state index contributed by atoms with van der Waals surface area (Å²) in [6.07, 6.45) is 2.96. The molecular formula is C17H11ClN4O2S. The van der Waals surface area contributed by atoms with Crippen LogP contribution < -0.4 is 10.1 Å². The van der Waals surface area contributed by atoms with E-state index < -0.39 is 5.91 Å². The van der Waals surface area contributed by atoms with Crippen LogP contribution in [0, 0.1) is 11.3 Å².